The Kier molecular flexibility index (Phi) is 2.64. The molecule has 9 heavy (non-hydrogen) atoms. The highest BCUT2D eigenvalue weighted by Crippen LogP contribution is 2.00. The highest BCUT2D eigenvalue weighted by molar-refractivity contribution is 7.91. The average molecular weight is 151 g/mol. The van der Waals surface area contributed by atoms with E-state index in [1.54, 1.807) is 13.8 Å². The summed E-state index contributed by atoms with van der Waals surface area (Å²) in [7, 11) is -2.93. The molecular formula is C5H13NO2S. The van der Waals surface area contributed by atoms with Crippen LogP contribution >= 0.6 is 0 Å². The summed E-state index contributed by atoms with van der Waals surface area (Å²) in [5.74, 6) is 0. The average Bonchev–Trinajstić information content (AvgIpc) is 1.62. The van der Waals surface area contributed by atoms with Crippen LogP contribution in [-0.2, 0) is 9.84 Å². The van der Waals surface area contributed by atoms with Crippen molar-refractivity contribution in [2.45, 2.75) is 25.1 Å². The number of rotatable bonds is 2. The second-order valence-electron chi connectivity index (χ2n) is 2.39. The number of nitrogens with two attached hydrogens (primary N) is 1. The van der Waals surface area contributed by atoms with Gasteiger partial charge in [-0.1, -0.05) is 0 Å². The van der Waals surface area contributed by atoms with E-state index in [0.29, 0.717) is 0 Å². The van der Waals surface area contributed by atoms with Gasteiger partial charge < -0.3 is 5.73 Å². The van der Waals surface area contributed by atoms with Gasteiger partial charge in [0, 0.05) is 12.3 Å². The lowest BCUT2D eigenvalue weighted by Crippen LogP contribution is -2.34. The van der Waals surface area contributed by atoms with Gasteiger partial charge in [-0.3, -0.25) is 0 Å². The van der Waals surface area contributed by atoms with Gasteiger partial charge >= 0.3 is 0 Å². The maximum Gasteiger partial charge on any atom is 0.151 e. The predicted octanol–water partition coefficient (Wildman–Crippen LogP) is -0.233. The molecule has 2 N–H and O–H groups in total. The molecule has 0 aromatic rings. The van der Waals surface area contributed by atoms with E-state index in [1.165, 1.54) is 6.26 Å². The minimum atomic E-state index is -2.93. The molecule has 0 aliphatic rings. The standard InChI is InChI=1S/C5H13NO2S/c1-4(6)5(2)9(3,7)8/h4-5H,6H2,1-3H3/t4-,5-/m0/s1. The molecule has 0 aliphatic carbocycles. The lowest BCUT2D eigenvalue weighted by Gasteiger charge is -2.11. The molecule has 0 aliphatic heterocycles. The molecule has 0 aromatic carbocycles. The Morgan fingerprint density at radius 3 is 1.67 bits per heavy atom. The summed E-state index contributed by atoms with van der Waals surface area (Å²) >= 11 is 0. The molecule has 3 nitrogen and oxygen atoms in total. The number of sulfone groups is 1. The van der Waals surface area contributed by atoms with E-state index in [9.17, 15) is 8.42 Å². The topological polar surface area (TPSA) is 60.2 Å². The van der Waals surface area contributed by atoms with Crippen molar-refractivity contribution in [3.8, 4) is 0 Å². The Morgan fingerprint density at radius 1 is 1.33 bits per heavy atom. The van der Waals surface area contributed by atoms with E-state index < -0.39 is 15.1 Å². The van der Waals surface area contributed by atoms with Crippen molar-refractivity contribution < 1.29 is 8.42 Å². The molecule has 0 rings (SSSR count). The van der Waals surface area contributed by atoms with E-state index in [0.717, 1.165) is 0 Å². The molecule has 2 atom stereocenters. The van der Waals surface area contributed by atoms with Crippen LogP contribution < -0.4 is 5.73 Å². The second kappa shape index (κ2) is 2.66. The molecule has 0 radical (unpaired) electrons. The van der Waals surface area contributed by atoms with Crippen molar-refractivity contribution in [2.24, 2.45) is 5.73 Å². The van der Waals surface area contributed by atoms with Gasteiger partial charge in [0.2, 0.25) is 0 Å². The van der Waals surface area contributed by atoms with Crippen LogP contribution in [0.25, 0.3) is 0 Å². The summed E-state index contributed by atoms with van der Waals surface area (Å²) in [6.45, 7) is 3.30. The maximum atomic E-state index is 10.7. The van der Waals surface area contributed by atoms with Crippen LogP contribution in [-0.4, -0.2) is 26.0 Å². The summed E-state index contributed by atoms with van der Waals surface area (Å²) < 4.78 is 21.4. The third-order valence-electron chi connectivity index (χ3n) is 1.42. The van der Waals surface area contributed by atoms with Crippen molar-refractivity contribution in [3.05, 3.63) is 0 Å². The van der Waals surface area contributed by atoms with Crippen molar-refractivity contribution in [1.29, 1.82) is 0 Å². The van der Waals surface area contributed by atoms with E-state index in [-0.39, 0.29) is 6.04 Å². The van der Waals surface area contributed by atoms with Crippen LogP contribution in [0.3, 0.4) is 0 Å². The van der Waals surface area contributed by atoms with E-state index in [1.807, 2.05) is 0 Å². The van der Waals surface area contributed by atoms with E-state index >= 15 is 0 Å². The van der Waals surface area contributed by atoms with Gasteiger partial charge in [0.1, 0.15) is 0 Å². The maximum absolute atomic E-state index is 10.7. The normalized spacial score (nSPS) is 19.1. The summed E-state index contributed by atoms with van der Waals surface area (Å²) in [5.41, 5.74) is 5.34. The molecule has 0 saturated heterocycles. The van der Waals surface area contributed by atoms with Crippen molar-refractivity contribution in [3.63, 3.8) is 0 Å². The summed E-state index contributed by atoms with van der Waals surface area (Å²) in [5, 5.41) is -0.433. The molecule has 4 heteroatoms. The van der Waals surface area contributed by atoms with Crippen molar-refractivity contribution in [2.75, 3.05) is 6.26 Å². The third-order valence-corrected chi connectivity index (χ3v) is 3.20. The van der Waals surface area contributed by atoms with Gasteiger partial charge in [-0.05, 0) is 13.8 Å². The zero-order valence-corrected chi connectivity index (χ0v) is 6.77. The largest absolute Gasteiger partial charge is 0.327 e. The number of hydrogen-bond donors (Lipinski definition) is 1. The zero-order valence-electron chi connectivity index (χ0n) is 5.96. The van der Waals surface area contributed by atoms with Crippen LogP contribution in [0.2, 0.25) is 0 Å². The van der Waals surface area contributed by atoms with Gasteiger partial charge in [0.25, 0.3) is 0 Å². The smallest absolute Gasteiger partial charge is 0.151 e. The first-order chi connectivity index (χ1) is 3.85. The fourth-order valence-electron chi connectivity index (χ4n) is 0.390. The number of hydrogen-bond acceptors (Lipinski definition) is 3. The van der Waals surface area contributed by atoms with Crippen LogP contribution in [0.4, 0.5) is 0 Å². The SMILES string of the molecule is C[C@H](N)[C@H](C)S(C)(=O)=O. The highest BCUT2D eigenvalue weighted by Gasteiger charge is 2.18. The summed E-state index contributed by atoms with van der Waals surface area (Å²) in [6.07, 6.45) is 1.20. The molecule has 0 bridgehead atoms. The summed E-state index contributed by atoms with van der Waals surface area (Å²) in [6, 6.07) is -0.278. The monoisotopic (exact) mass is 151 g/mol. The second-order valence-corrected chi connectivity index (χ2v) is 4.80. The molecule has 56 valence electrons. The Balaban J connectivity index is 4.24. The Labute approximate surface area is 56.2 Å². The van der Waals surface area contributed by atoms with E-state index in [4.69, 9.17) is 5.73 Å². The van der Waals surface area contributed by atoms with Crippen molar-refractivity contribution in [1.82, 2.24) is 0 Å². The molecule has 0 amide bonds. The Bertz CT molecular complexity index is 171. The first kappa shape index (κ1) is 8.91. The van der Waals surface area contributed by atoms with Gasteiger partial charge in [-0.15, -0.1) is 0 Å². The quantitative estimate of drug-likeness (QED) is 0.593. The lowest BCUT2D eigenvalue weighted by atomic mass is 10.3. The molecule has 0 fully saturated rings. The first-order valence-corrected chi connectivity index (χ1v) is 4.75. The molecule has 0 aromatic heterocycles. The Morgan fingerprint density at radius 2 is 1.67 bits per heavy atom. The summed E-state index contributed by atoms with van der Waals surface area (Å²) in [4.78, 5) is 0. The van der Waals surface area contributed by atoms with Crippen LogP contribution in [0, 0.1) is 0 Å². The third kappa shape index (κ3) is 2.81. The molecule has 0 spiro atoms. The minimum absolute atomic E-state index is 0.278. The van der Waals surface area contributed by atoms with Crippen LogP contribution in [0.1, 0.15) is 13.8 Å². The van der Waals surface area contributed by atoms with Gasteiger partial charge in [0.15, 0.2) is 9.84 Å². The first-order valence-electron chi connectivity index (χ1n) is 2.80. The molecule has 0 saturated carbocycles. The molecule has 0 unspecified atom stereocenters. The fraction of sp³-hybridized carbons (Fsp3) is 1.00. The van der Waals surface area contributed by atoms with Crippen LogP contribution in [0.15, 0.2) is 0 Å². The lowest BCUT2D eigenvalue weighted by molar-refractivity contribution is 0.574. The van der Waals surface area contributed by atoms with Gasteiger partial charge in [-0.25, -0.2) is 8.42 Å². The van der Waals surface area contributed by atoms with Crippen LogP contribution in [0.5, 0.6) is 0 Å². The van der Waals surface area contributed by atoms with Gasteiger partial charge in [-0.2, -0.15) is 0 Å². The zero-order chi connectivity index (χ0) is 7.65. The van der Waals surface area contributed by atoms with E-state index in [2.05, 4.69) is 0 Å². The van der Waals surface area contributed by atoms with Crippen molar-refractivity contribution >= 4 is 9.84 Å². The Hall–Kier alpha value is -0.0900. The minimum Gasteiger partial charge on any atom is -0.327 e. The predicted molar refractivity (Wildman–Crippen MR) is 38.0 cm³/mol. The molecule has 0 heterocycles. The van der Waals surface area contributed by atoms with Gasteiger partial charge in [0.05, 0.1) is 5.25 Å². The molecular weight excluding hydrogens is 138 g/mol. The fourth-order valence-corrected chi connectivity index (χ4v) is 1.17. The highest BCUT2D eigenvalue weighted by atomic mass is 32.2.